The number of benzene rings is 1. The van der Waals surface area contributed by atoms with Crippen molar-refractivity contribution in [2.75, 3.05) is 6.61 Å². The number of aliphatic hydroxyl groups excluding tert-OH is 1. The lowest BCUT2D eigenvalue weighted by molar-refractivity contribution is -0.0712. The number of nitrogens with two attached hydrogens (primary N) is 1. The van der Waals surface area contributed by atoms with E-state index in [1.807, 2.05) is 20.8 Å². The Hall–Kier alpha value is -1.20. The summed E-state index contributed by atoms with van der Waals surface area (Å²) in [6.45, 7) is 4.42. The fourth-order valence-electron chi connectivity index (χ4n) is 1.44. The minimum atomic E-state index is -3.33. The summed E-state index contributed by atoms with van der Waals surface area (Å²) >= 11 is 0. The highest BCUT2D eigenvalue weighted by atomic mass is 19.3. The summed E-state index contributed by atoms with van der Waals surface area (Å²) in [5, 5.41) is 8.58. The summed E-state index contributed by atoms with van der Waals surface area (Å²) in [6, 6.07) is 4.62. The fraction of sp³-hybridized carbons (Fsp3) is 0.538. The van der Waals surface area contributed by atoms with Crippen molar-refractivity contribution in [3.8, 4) is 5.75 Å². The number of alkyl halides is 2. The zero-order valence-electron chi connectivity index (χ0n) is 10.8. The maximum atomic E-state index is 13.2. The molecule has 3 nitrogen and oxygen atoms in total. The molecule has 0 fully saturated rings. The van der Waals surface area contributed by atoms with Gasteiger partial charge in [0, 0.05) is 0 Å². The van der Waals surface area contributed by atoms with Crippen molar-refractivity contribution < 1.29 is 18.6 Å². The standard InChI is InChI=1S/C13H19F2NO2/c1-12(2,3)18-10-6-4-9(5-7-10)11(16)13(14,15)8-17/h4-7,11,17H,8,16H2,1-3H3/t11-/m1/s1. The molecule has 18 heavy (non-hydrogen) atoms. The lowest BCUT2D eigenvalue weighted by Crippen LogP contribution is -2.36. The molecule has 0 bridgehead atoms. The highest BCUT2D eigenvalue weighted by molar-refractivity contribution is 5.30. The first kappa shape index (κ1) is 14.9. The second kappa shape index (κ2) is 5.20. The van der Waals surface area contributed by atoms with Gasteiger partial charge < -0.3 is 15.6 Å². The quantitative estimate of drug-likeness (QED) is 0.873. The molecule has 0 aliphatic heterocycles. The number of ether oxygens (including phenoxy) is 1. The molecule has 0 unspecified atom stereocenters. The Kier molecular flexibility index (Phi) is 4.29. The zero-order chi connectivity index (χ0) is 14.0. The van der Waals surface area contributed by atoms with E-state index in [1.54, 1.807) is 12.1 Å². The van der Waals surface area contributed by atoms with Crippen LogP contribution >= 0.6 is 0 Å². The Morgan fingerprint density at radius 3 is 2.11 bits per heavy atom. The van der Waals surface area contributed by atoms with Gasteiger partial charge in [-0.3, -0.25) is 0 Å². The molecule has 0 amide bonds. The number of aliphatic hydroxyl groups is 1. The lowest BCUT2D eigenvalue weighted by atomic mass is 10.0. The van der Waals surface area contributed by atoms with Gasteiger partial charge in [-0.05, 0) is 38.5 Å². The molecule has 5 heteroatoms. The summed E-state index contributed by atoms with van der Waals surface area (Å²) in [5.41, 5.74) is 5.32. The van der Waals surface area contributed by atoms with E-state index in [0.717, 1.165) is 0 Å². The predicted octanol–water partition coefficient (Wildman–Crippen LogP) is 2.49. The van der Waals surface area contributed by atoms with Gasteiger partial charge in [-0.15, -0.1) is 0 Å². The van der Waals surface area contributed by atoms with Crippen molar-refractivity contribution in [3.63, 3.8) is 0 Å². The minimum absolute atomic E-state index is 0.260. The van der Waals surface area contributed by atoms with Gasteiger partial charge in [0.2, 0.25) is 0 Å². The maximum absolute atomic E-state index is 13.2. The molecule has 0 spiro atoms. The van der Waals surface area contributed by atoms with E-state index in [0.29, 0.717) is 5.75 Å². The molecule has 3 N–H and O–H groups in total. The van der Waals surface area contributed by atoms with Gasteiger partial charge in [0.15, 0.2) is 0 Å². The molecule has 0 aliphatic carbocycles. The third-order valence-electron chi connectivity index (χ3n) is 2.33. The Bertz CT molecular complexity index is 385. The Morgan fingerprint density at radius 2 is 1.72 bits per heavy atom. The number of rotatable bonds is 4. The summed E-state index contributed by atoms with van der Waals surface area (Å²) in [4.78, 5) is 0. The first-order chi connectivity index (χ1) is 8.15. The van der Waals surface area contributed by atoms with E-state index in [9.17, 15) is 8.78 Å². The van der Waals surface area contributed by atoms with Crippen LogP contribution in [0.25, 0.3) is 0 Å². The van der Waals surface area contributed by atoms with Crippen LogP contribution in [0.3, 0.4) is 0 Å². The second-order valence-corrected chi connectivity index (χ2v) is 5.18. The SMILES string of the molecule is CC(C)(C)Oc1ccc([C@@H](N)C(F)(F)CO)cc1. The molecule has 0 aromatic heterocycles. The summed E-state index contributed by atoms with van der Waals surface area (Å²) < 4.78 is 32.0. The molecule has 1 rings (SSSR count). The molecule has 102 valence electrons. The third kappa shape index (κ3) is 3.92. The van der Waals surface area contributed by atoms with E-state index >= 15 is 0 Å². The van der Waals surface area contributed by atoms with Crippen LogP contribution < -0.4 is 10.5 Å². The molecule has 1 aromatic rings. The molecule has 0 heterocycles. The van der Waals surface area contributed by atoms with Crippen LogP contribution in [-0.2, 0) is 0 Å². The fourth-order valence-corrected chi connectivity index (χ4v) is 1.44. The van der Waals surface area contributed by atoms with Crippen LogP contribution in [0.5, 0.6) is 5.75 Å². The molecule has 0 aliphatic rings. The van der Waals surface area contributed by atoms with Gasteiger partial charge in [-0.25, -0.2) is 8.78 Å². The van der Waals surface area contributed by atoms with Crippen molar-refractivity contribution in [3.05, 3.63) is 29.8 Å². The Morgan fingerprint density at radius 1 is 1.22 bits per heavy atom. The first-order valence-electron chi connectivity index (χ1n) is 5.69. The van der Waals surface area contributed by atoms with Crippen molar-refractivity contribution >= 4 is 0 Å². The van der Waals surface area contributed by atoms with Crippen LogP contribution in [0.1, 0.15) is 32.4 Å². The maximum Gasteiger partial charge on any atom is 0.289 e. The number of hydrogen-bond donors (Lipinski definition) is 2. The summed E-state index contributed by atoms with van der Waals surface area (Å²) in [7, 11) is 0. The van der Waals surface area contributed by atoms with Gasteiger partial charge in [-0.1, -0.05) is 12.1 Å². The van der Waals surface area contributed by atoms with Crippen molar-refractivity contribution in [2.24, 2.45) is 5.73 Å². The highest BCUT2D eigenvalue weighted by Crippen LogP contribution is 2.30. The lowest BCUT2D eigenvalue weighted by Gasteiger charge is -2.23. The van der Waals surface area contributed by atoms with Crippen molar-refractivity contribution in [1.82, 2.24) is 0 Å². The summed E-state index contributed by atoms with van der Waals surface area (Å²) in [5.74, 6) is -2.74. The van der Waals surface area contributed by atoms with E-state index in [2.05, 4.69) is 0 Å². The molecule has 0 saturated carbocycles. The highest BCUT2D eigenvalue weighted by Gasteiger charge is 2.37. The van der Waals surface area contributed by atoms with Crippen LogP contribution in [0.4, 0.5) is 8.78 Å². The third-order valence-corrected chi connectivity index (χ3v) is 2.33. The normalized spacial score (nSPS) is 14.4. The monoisotopic (exact) mass is 259 g/mol. The summed E-state index contributed by atoms with van der Waals surface area (Å²) in [6.07, 6.45) is 0. The molecule has 1 aromatic carbocycles. The molecule has 0 radical (unpaired) electrons. The topological polar surface area (TPSA) is 55.5 Å². The Labute approximate surface area is 106 Å². The first-order valence-corrected chi connectivity index (χ1v) is 5.69. The predicted molar refractivity (Wildman–Crippen MR) is 65.8 cm³/mol. The van der Waals surface area contributed by atoms with Gasteiger partial charge in [0.1, 0.15) is 18.0 Å². The van der Waals surface area contributed by atoms with Crippen molar-refractivity contribution in [2.45, 2.75) is 38.3 Å². The van der Waals surface area contributed by atoms with Gasteiger partial charge in [-0.2, -0.15) is 0 Å². The Balaban J connectivity index is 2.83. The minimum Gasteiger partial charge on any atom is -0.488 e. The van der Waals surface area contributed by atoms with E-state index in [1.165, 1.54) is 12.1 Å². The molecule has 1 atom stereocenters. The largest absolute Gasteiger partial charge is 0.488 e. The molecular formula is C13H19F2NO2. The number of halogens is 2. The van der Waals surface area contributed by atoms with Crippen LogP contribution in [-0.4, -0.2) is 23.2 Å². The average molecular weight is 259 g/mol. The van der Waals surface area contributed by atoms with Gasteiger partial charge >= 0.3 is 0 Å². The van der Waals surface area contributed by atoms with Gasteiger partial charge in [0.05, 0.1) is 6.04 Å². The number of hydrogen-bond acceptors (Lipinski definition) is 3. The van der Waals surface area contributed by atoms with Crippen LogP contribution in [0.15, 0.2) is 24.3 Å². The van der Waals surface area contributed by atoms with Gasteiger partial charge in [0.25, 0.3) is 5.92 Å². The molecule has 0 saturated heterocycles. The van der Waals surface area contributed by atoms with E-state index in [4.69, 9.17) is 15.6 Å². The van der Waals surface area contributed by atoms with E-state index in [-0.39, 0.29) is 11.2 Å². The van der Waals surface area contributed by atoms with Crippen LogP contribution in [0.2, 0.25) is 0 Å². The molecular weight excluding hydrogens is 240 g/mol. The second-order valence-electron chi connectivity index (χ2n) is 5.18. The van der Waals surface area contributed by atoms with E-state index < -0.39 is 18.6 Å². The smallest absolute Gasteiger partial charge is 0.289 e. The van der Waals surface area contributed by atoms with Crippen molar-refractivity contribution in [1.29, 1.82) is 0 Å². The average Bonchev–Trinajstić information content (AvgIpc) is 2.27. The zero-order valence-corrected chi connectivity index (χ0v) is 10.8. The van der Waals surface area contributed by atoms with Crippen LogP contribution in [0, 0.1) is 0 Å².